The molecule has 1 aromatic rings. The number of guanidine groups is 1. The van der Waals surface area contributed by atoms with Crippen LogP contribution in [0.1, 0.15) is 19.4 Å². The Hall–Kier alpha value is -2.31. The summed E-state index contributed by atoms with van der Waals surface area (Å²) in [6, 6.07) is 6.65. The third-order valence-corrected chi connectivity index (χ3v) is 3.80. The highest BCUT2D eigenvalue weighted by Gasteiger charge is 2.23. The number of piperazine rings is 1. The summed E-state index contributed by atoms with van der Waals surface area (Å²) < 4.78 is 18.7. The quantitative estimate of drug-likeness (QED) is 0.675. The highest BCUT2D eigenvalue weighted by molar-refractivity contribution is 5.80. The first-order chi connectivity index (χ1) is 11.7. The third-order valence-electron chi connectivity index (χ3n) is 3.80. The summed E-state index contributed by atoms with van der Waals surface area (Å²) in [5.41, 5.74) is 0.568. The van der Waals surface area contributed by atoms with Crippen molar-refractivity contribution in [1.29, 1.82) is 0 Å². The molecule has 0 radical (unpaired) electrons. The molecule has 1 aromatic carbocycles. The number of amides is 1. The lowest BCUT2D eigenvalue weighted by atomic mass is 10.2. The summed E-state index contributed by atoms with van der Waals surface area (Å²) in [6.07, 6.45) is -0.273. The van der Waals surface area contributed by atoms with Crippen LogP contribution in [0.25, 0.3) is 0 Å². The maximum atomic E-state index is 13.7. The van der Waals surface area contributed by atoms with Gasteiger partial charge in [0.25, 0.3) is 0 Å². The van der Waals surface area contributed by atoms with E-state index in [9.17, 15) is 9.18 Å². The lowest BCUT2D eigenvalue weighted by molar-refractivity contribution is 0.0914. The number of halogens is 1. The van der Waals surface area contributed by atoms with Crippen LogP contribution in [-0.4, -0.2) is 61.2 Å². The van der Waals surface area contributed by atoms with Crippen LogP contribution in [0.2, 0.25) is 0 Å². The van der Waals surface area contributed by atoms with Crippen molar-refractivity contribution in [1.82, 2.24) is 15.1 Å². The second-order valence-electron chi connectivity index (χ2n) is 5.43. The largest absolute Gasteiger partial charge is 0.450 e. The zero-order chi connectivity index (χ0) is 17.4. The zero-order valence-corrected chi connectivity index (χ0v) is 14.3. The van der Waals surface area contributed by atoms with Crippen LogP contribution < -0.4 is 5.32 Å². The summed E-state index contributed by atoms with van der Waals surface area (Å²) in [6.45, 7) is 7.70. The van der Waals surface area contributed by atoms with Gasteiger partial charge in [-0.25, -0.2) is 14.2 Å². The minimum Gasteiger partial charge on any atom is -0.450 e. The molecule has 24 heavy (non-hydrogen) atoms. The molecule has 1 fully saturated rings. The summed E-state index contributed by atoms with van der Waals surface area (Å²) in [5.74, 6) is 0.494. The van der Waals surface area contributed by atoms with E-state index in [0.717, 1.165) is 12.5 Å². The van der Waals surface area contributed by atoms with Gasteiger partial charge in [-0.3, -0.25) is 0 Å². The number of rotatable bonds is 4. The van der Waals surface area contributed by atoms with Gasteiger partial charge in [0.1, 0.15) is 5.82 Å². The van der Waals surface area contributed by atoms with Gasteiger partial charge < -0.3 is 19.9 Å². The van der Waals surface area contributed by atoms with Crippen molar-refractivity contribution < 1.29 is 13.9 Å². The van der Waals surface area contributed by atoms with E-state index in [4.69, 9.17) is 4.74 Å². The molecule has 1 aliphatic rings. The van der Waals surface area contributed by atoms with Crippen molar-refractivity contribution in [3.05, 3.63) is 35.6 Å². The Labute approximate surface area is 142 Å². The fourth-order valence-corrected chi connectivity index (χ4v) is 2.53. The molecule has 1 aliphatic heterocycles. The average molecular weight is 336 g/mol. The molecule has 1 heterocycles. The Morgan fingerprint density at radius 3 is 2.50 bits per heavy atom. The third kappa shape index (κ3) is 4.84. The van der Waals surface area contributed by atoms with Crippen molar-refractivity contribution in [2.45, 2.75) is 20.4 Å². The lowest BCUT2D eigenvalue weighted by Gasteiger charge is -2.35. The van der Waals surface area contributed by atoms with Crippen LogP contribution in [0.4, 0.5) is 9.18 Å². The van der Waals surface area contributed by atoms with E-state index in [1.54, 1.807) is 30.0 Å². The maximum absolute atomic E-state index is 13.7. The van der Waals surface area contributed by atoms with Crippen LogP contribution in [0.15, 0.2) is 29.3 Å². The first-order valence-electron chi connectivity index (χ1n) is 8.34. The maximum Gasteiger partial charge on any atom is 0.409 e. The van der Waals surface area contributed by atoms with E-state index >= 15 is 0 Å². The summed E-state index contributed by atoms with van der Waals surface area (Å²) >= 11 is 0. The molecular formula is C17H25FN4O2. The molecule has 0 saturated carbocycles. The first-order valence-corrected chi connectivity index (χ1v) is 8.34. The molecular weight excluding hydrogens is 311 g/mol. The normalized spacial score (nSPS) is 15.4. The lowest BCUT2D eigenvalue weighted by Crippen LogP contribution is -2.53. The molecule has 1 N–H and O–H groups in total. The molecule has 0 aliphatic carbocycles. The van der Waals surface area contributed by atoms with Gasteiger partial charge in [-0.05, 0) is 19.9 Å². The van der Waals surface area contributed by atoms with Gasteiger partial charge in [0.05, 0.1) is 13.2 Å². The van der Waals surface area contributed by atoms with Crippen molar-refractivity contribution in [2.24, 2.45) is 4.99 Å². The van der Waals surface area contributed by atoms with E-state index in [-0.39, 0.29) is 18.5 Å². The van der Waals surface area contributed by atoms with E-state index in [2.05, 4.69) is 15.2 Å². The van der Waals surface area contributed by atoms with Crippen LogP contribution in [0.3, 0.4) is 0 Å². The predicted octanol–water partition coefficient (Wildman–Crippen LogP) is 2.07. The number of ether oxygens (including phenoxy) is 1. The van der Waals surface area contributed by atoms with Crippen LogP contribution in [-0.2, 0) is 11.3 Å². The first kappa shape index (κ1) is 18.0. The molecule has 0 aromatic heterocycles. The van der Waals surface area contributed by atoms with Gasteiger partial charge >= 0.3 is 6.09 Å². The van der Waals surface area contributed by atoms with Gasteiger partial charge in [-0.1, -0.05) is 18.2 Å². The van der Waals surface area contributed by atoms with Gasteiger partial charge in [0.2, 0.25) is 0 Å². The summed E-state index contributed by atoms with van der Waals surface area (Å²) in [7, 11) is 0. The summed E-state index contributed by atoms with van der Waals surface area (Å²) in [4.78, 5) is 20.1. The number of hydrogen-bond acceptors (Lipinski definition) is 3. The summed E-state index contributed by atoms with van der Waals surface area (Å²) in [5, 5.41) is 3.23. The fourth-order valence-electron chi connectivity index (χ4n) is 2.53. The Balaban J connectivity index is 1.97. The average Bonchev–Trinajstić information content (AvgIpc) is 2.60. The molecule has 0 bridgehead atoms. The Kier molecular flexibility index (Phi) is 6.84. The highest BCUT2D eigenvalue weighted by atomic mass is 19.1. The number of nitrogens with zero attached hydrogens (tertiary/aromatic N) is 3. The number of benzene rings is 1. The second kappa shape index (κ2) is 9.10. The van der Waals surface area contributed by atoms with E-state index in [0.29, 0.717) is 38.3 Å². The molecule has 0 atom stereocenters. The Morgan fingerprint density at radius 2 is 1.88 bits per heavy atom. The molecule has 7 heteroatoms. The number of carbonyl (C=O) groups excluding carboxylic acids is 1. The molecule has 1 amide bonds. The SMILES string of the molecule is CCNC(=NCc1ccccc1F)N1CCN(C(=O)OCC)CC1. The molecule has 1 saturated heterocycles. The highest BCUT2D eigenvalue weighted by Crippen LogP contribution is 2.09. The smallest absolute Gasteiger partial charge is 0.409 e. The molecule has 2 rings (SSSR count). The van der Waals surface area contributed by atoms with E-state index in [1.807, 2.05) is 6.92 Å². The number of nitrogens with one attached hydrogen (secondary N) is 1. The van der Waals surface area contributed by atoms with E-state index in [1.165, 1.54) is 6.07 Å². The van der Waals surface area contributed by atoms with Crippen LogP contribution >= 0.6 is 0 Å². The monoisotopic (exact) mass is 336 g/mol. The minimum atomic E-state index is -0.273. The molecule has 132 valence electrons. The standard InChI is InChI=1S/C17H25FN4O2/c1-3-19-16(20-13-14-7-5-6-8-15(14)18)21-9-11-22(12-10-21)17(23)24-4-2/h5-8H,3-4,9-13H2,1-2H3,(H,19,20). The Bertz CT molecular complexity index is 571. The molecule has 6 nitrogen and oxygen atoms in total. The second-order valence-corrected chi connectivity index (χ2v) is 5.43. The Morgan fingerprint density at radius 1 is 1.21 bits per heavy atom. The van der Waals surface area contributed by atoms with Crippen molar-refractivity contribution in [3.63, 3.8) is 0 Å². The van der Waals surface area contributed by atoms with Gasteiger partial charge in [-0.15, -0.1) is 0 Å². The van der Waals surface area contributed by atoms with Gasteiger partial charge in [0, 0.05) is 38.3 Å². The fraction of sp³-hybridized carbons (Fsp3) is 0.529. The number of aliphatic imine (C=N–C) groups is 1. The van der Waals surface area contributed by atoms with Crippen LogP contribution in [0.5, 0.6) is 0 Å². The van der Waals surface area contributed by atoms with Gasteiger partial charge in [-0.2, -0.15) is 0 Å². The molecule has 0 spiro atoms. The van der Waals surface area contributed by atoms with Crippen molar-refractivity contribution in [2.75, 3.05) is 39.3 Å². The van der Waals surface area contributed by atoms with Crippen molar-refractivity contribution >= 4 is 12.1 Å². The zero-order valence-electron chi connectivity index (χ0n) is 14.3. The number of carbonyl (C=O) groups is 1. The topological polar surface area (TPSA) is 57.2 Å². The minimum absolute atomic E-state index is 0.246. The van der Waals surface area contributed by atoms with E-state index < -0.39 is 0 Å². The van der Waals surface area contributed by atoms with Crippen molar-refractivity contribution in [3.8, 4) is 0 Å². The number of hydrogen-bond donors (Lipinski definition) is 1. The van der Waals surface area contributed by atoms with Gasteiger partial charge in [0.15, 0.2) is 5.96 Å². The molecule has 0 unspecified atom stereocenters. The predicted molar refractivity (Wildman–Crippen MR) is 91.4 cm³/mol. The van der Waals surface area contributed by atoms with Crippen LogP contribution in [0, 0.1) is 5.82 Å².